The fourth-order valence-electron chi connectivity index (χ4n) is 2.42. The summed E-state index contributed by atoms with van der Waals surface area (Å²) in [5.41, 5.74) is 0.742. The van der Waals surface area contributed by atoms with Crippen LogP contribution in [0.4, 0.5) is 0 Å². The molecule has 96 valence electrons. The maximum absolute atomic E-state index is 12.3. The quantitative estimate of drug-likeness (QED) is 0.809. The molecule has 0 atom stereocenters. The highest BCUT2D eigenvalue weighted by atomic mass is 16.5. The van der Waals surface area contributed by atoms with Gasteiger partial charge in [-0.2, -0.15) is 0 Å². The van der Waals surface area contributed by atoms with E-state index in [1.54, 1.807) is 13.2 Å². The molecule has 3 nitrogen and oxygen atoms in total. The molecule has 0 aromatic heterocycles. The SMILES string of the molecule is C=CCNC(=O)C1(c2ccc(OC)cc2)CCC1. The van der Waals surface area contributed by atoms with E-state index in [9.17, 15) is 4.79 Å². The van der Waals surface area contributed by atoms with Gasteiger partial charge in [0.25, 0.3) is 0 Å². The summed E-state index contributed by atoms with van der Waals surface area (Å²) in [7, 11) is 1.64. The lowest BCUT2D eigenvalue weighted by Gasteiger charge is -2.40. The monoisotopic (exact) mass is 245 g/mol. The first kappa shape index (κ1) is 12.7. The molecule has 0 radical (unpaired) electrons. The number of carbonyl (C=O) groups is 1. The number of rotatable bonds is 5. The summed E-state index contributed by atoms with van der Waals surface area (Å²) in [6, 6.07) is 7.81. The molecule has 0 heterocycles. The van der Waals surface area contributed by atoms with E-state index in [1.165, 1.54) is 0 Å². The molecule has 1 aliphatic carbocycles. The number of carbonyl (C=O) groups excluding carboxylic acids is 1. The third kappa shape index (κ3) is 2.13. The molecule has 18 heavy (non-hydrogen) atoms. The van der Waals surface area contributed by atoms with Gasteiger partial charge in [0.2, 0.25) is 5.91 Å². The van der Waals surface area contributed by atoms with E-state index in [0.29, 0.717) is 6.54 Å². The minimum Gasteiger partial charge on any atom is -0.497 e. The topological polar surface area (TPSA) is 38.3 Å². The maximum Gasteiger partial charge on any atom is 0.230 e. The molecular formula is C15H19NO2. The van der Waals surface area contributed by atoms with Crippen LogP contribution >= 0.6 is 0 Å². The van der Waals surface area contributed by atoms with Crippen molar-refractivity contribution in [3.63, 3.8) is 0 Å². The second kappa shape index (κ2) is 5.25. The second-order valence-electron chi connectivity index (χ2n) is 4.66. The zero-order valence-electron chi connectivity index (χ0n) is 10.7. The largest absolute Gasteiger partial charge is 0.497 e. The van der Waals surface area contributed by atoms with E-state index in [1.807, 2.05) is 24.3 Å². The lowest BCUT2D eigenvalue weighted by Crippen LogP contribution is -2.49. The molecule has 0 saturated heterocycles. The normalized spacial score (nSPS) is 16.5. The van der Waals surface area contributed by atoms with Crippen LogP contribution in [0.5, 0.6) is 5.75 Å². The smallest absolute Gasteiger partial charge is 0.230 e. The summed E-state index contributed by atoms with van der Waals surface area (Å²) in [6.45, 7) is 4.15. The van der Waals surface area contributed by atoms with Gasteiger partial charge in [-0.3, -0.25) is 4.79 Å². The van der Waals surface area contributed by atoms with Gasteiger partial charge in [-0.15, -0.1) is 6.58 Å². The van der Waals surface area contributed by atoms with Crippen molar-refractivity contribution >= 4 is 5.91 Å². The number of amides is 1. The second-order valence-corrected chi connectivity index (χ2v) is 4.66. The molecule has 3 heteroatoms. The number of hydrogen-bond acceptors (Lipinski definition) is 2. The van der Waals surface area contributed by atoms with Crippen LogP contribution in [-0.4, -0.2) is 19.6 Å². The Hall–Kier alpha value is -1.77. The minimum atomic E-state index is -0.338. The summed E-state index contributed by atoms with van der Waals surface area (Å²) < 4.78 is 5.15. The molecule has 0 bridgehead atoms. The third-order valence-electron chi connectivity index (χ3n) is 3.69. The van der Waals surface area contributed by atoms with Crippen LogP contribution in [0.3, 0.4) is 0 Å². The molecule has 0 unspecified atom stereocenters. The first-order valence-corrected chi connectivity index (χ1v) is 6.27. The molecule has 1 aromatic carbocycles. The highest BCUT2D eigenvalue weighted by molar-refractivity contribution is 5.89. The highest BCUT2D eigenvalue weighted by Gasteiger charge is 2.45. The van der Waals surface area contributed by atoms with Crippen LogP contribution in [0.25, 0.3) is 0 Å². The molecule has 1 aliphatic rings. The first-order valence-electron chi connectivity index (χ1n) is 6.27. The van der Waals surface area contributed by atoms with Crippen molar-refractivity contribution in [1.29, 1.82) is 0 Å². The van der Waals surface area contributed by atoms with Gasteiger partial charge in [-0.25, -0.2) is 0 Å². The van der Waals surface area contributed by atoms with Crippen molar-refractivity contribution in [3.05, 3.63) is 42.5 Å². The zero-order chi connectivity index (χ0) is 13.0. The molecule has 1 fully saturated rings. The lowest BCUT2D eigenvalue weighted by molar-refractivity contribution is -0.129. The van der Waals surface area contributed by atoms with Crippen molar-refractivity contribution in [2.24, 2.45) is 0 Å². The van der Waals surface area contributed by atoms with Gasteiger partial charge in [0.05, 0.1) is 12.5 Å². The Labute approximate surface area is 108 Å². The van der Waals surface area contributed by atoms with Gasteiger partial charge < -0.3 is 10.1 Å². The number of benzene rings is 1. The van der Waals surface area contributed by atoms with Crippen LogP contribution in [0, 0.1) is 0 Å². The first-order chi connectivity index (χ1) is 8.73. The number of hydrogen-bond donors (Lipinski definition) is 1. The van der Waals surface area contributed by atoms with Crippen molar-refractivity contribution in [2.75, 3.05) is 13.7 Å². The van der Waals surface area contributed by atoms with Crippen LogP contribution < -0.4 is 10.1 Å². The fourth-order valence-corrected chi connectivity index (χ4v) is 2.42. The molecule has 1 amide bonds. The van der Waals surface area contributed by atoms with E-state index >= 15 is 0 Å². The number of methoxy groups -OCH3 is 1. The van der Waals surface area contributed by atoms with E-state index in [-0.39, 0.29) is 11.3 Å². The number of ether oxygens (including phenoxy) is 1. The Balaban J connectivity index is 2.20. The molecule has 1 aromatic rings. The Morgan fingerprint density at radius 1 is 1.44 bits per heavy atom. The summed E-state index contributed by atoms with van der Waals surface area (Å²) in [6.07, 6.45) is 4.65. The van der Waals surface area contributed by atoms with Gasteiger partial charge in [0, 0.05) is 6.54 Å². The standard InChI is InChI=1S/C15H19NO2/c1-3-11-16-14(17)15(9-4-10-15)12-5-7-13(18-2)8-6-12/h3,5-8H,1,4,9-11H2,2H3,(H,16,17). The van der Waals surface area contributed by atoms with Gasteiger partial charge in [0.15, 0.2) is 0 Å². The van der Waals surface area contributed by atoms with Crippen molar-refractivity contribution in [1.82, 2.24) is 5.32 Å². The van der Waals surface area contributed by atoms with Crippen molar-refractivity contribution < 1.29 is 9.53 Å². The van der Waals surface area contributed by atoms with Crippen molar-refractivity contribution in [3.8, 4) is 5.75 Å². The van der Waals surface area contributed by atoms with E-state index in [4.69, 9.17) is 4.74 Å². The maximum atomic E-state index is 12.3. The molecular weight excluding hydrogens is 226 g/mol. The Kier molecular flexibility index (Phi) is 3.70. The molecule has 0 spiro atoms. The van der Waals surface area contributed by atoms with Gasteiger partial charge in [-0.05, 0) is 30.5 Å². The summed E-state index contributed by atoms with van der Waals surface area (Å²) in [4.78, 5) is 12.3. The van der Waals surface area contributed by atoms with Gasteiger partial charge in [-0.1, -0.05) is 24.6 Å². The Bertz CT molecular complexity index is 432. The average Bonchev–Trinajstić information content (AvgIpc) is 2.36. The lowest BCUT2D eigenvalue weighted by atomic mass is 9.64. The van der Waals surface area contributed by atoms with Crippen molar-refractivity contribution in [2.45, 2.75) is 24.7 Å². The summed E-state index contributed by atoms with van der Waals surface area (Å²) in [5.74, 6) is 0.929. The average molecular weight is 245 g/mol. The Morgan fingerprint density at radius 3 is 2.56 bits per heavy atom. The van der Waals surface area contributed by atoms with E-state index in [0.717, 1.165) is 30.6 Å². The zero-order valence-corrected chi connectivity index (χ0v) is 10.7. The molecule has 2 rings (SSSR count). The van der Waals surface area contributed by atoms with Gasteiger partial charge >= 0.3 is 0 Å². The van der Waals surface area contributed by atoms with E-state index in [2.05, 4.69) is 11.9 Å². The summed E-state index contributed by atoms with van der Waals surface area (Å²) >= 11 is 0. The fraction of sp³-hybridized carbons (Fsp3) is 0.400. The van der Waals surface area contributed by atoms with Crippen LogP contribution in [-0.2, 0) is 10.2 Å². The van der Waals surface area contributed by atoms with E-state index < -0.39 is 0 Å². The predicted octanol–water partition coefficient (Wildman–Crippen LogP) is 2.42. The Morgan fingerprint density at radius 2 is 2.11 bits per heavy atom. The molecule has 1 saturated carbocycles. The van der Waals surface area contributed by atoms with Crippen LogP contribution in [0.1, 0.15) is 24.8 Å². The highest BCUT2D eigenvalue weighted by Crippen LogP contribution is 2.44. The van der Waals surface area contributed by atoms with Crippen LogP contribution in [0.2, 0.25) is 0 Å². The number of nitrogens with one attached hydrogen (secondary N) is 1. The molecule has 1 N–H and O–H groups in total. The summed E-state index contributed by atoms with van der Waals surface area (Å²) in [5, 5.41) is 2.91. The van der Waals surface area contributed by atoms with Gasteiger partial charge in [0.1, 0.15) is 5.75 Å². The van der Waals surface area contributed by atoms with Crippen LogP contribution in [0.15, 0.2) is 36.9 Å². The minimum absolute atomic E-state index is 0.110. The third-order valence-corrected chi connectivity index (χ3v) is 3.69. The predicted molar refractivity (Wildman–Crippen MR) is 71.7 cm³/mol. The molecule has 0 aliphatic heterocycles.